The minimum atomic E-state index is -0.657. The lowest BCUT2D eigenvalue weighted by Crippen LogP contribution is -2.65. The lowest BCUT2D eigenvalue weighted by Gasteiger charge is -2.48. The van der Waals surface area contributed by atoms with Crippen LogP contribution in [0.1, 0.15) is 23.0 Å². The number of para-hydroxylation sites is 2. The largest absolute Gasteiger partial charge is 0.483 e. The highest BCUT2D eigenvalue weighted by molar-refractivity contribution is 5.34. The van der Waals surface area contributed by atoms with Gasteiger partial charge < -0.3 is 28.4 Å². The van der Waals surface area contributed by atoms with Crippen molar-refractivity contribution < 1.29 is 28.4 Å². The third-order valence-electron chi connectivity index (χ3n) is 6.30. The lowest BCUT2D eigenvalue weighted by molar-refractivity contribution is -0.351. The molecule has 3 aromatic rings. The van der Waals surface area contributed by atoms with Crippen LogP contribution in [0.3, 0.4) is 0 Å². The van der Waals surface area contributed by atoms with E-state index in [0.29, 0.717) is 6.61 Å². The molecule has 2 fully saturated rings. The van der Waals surface area contributed by atoms with Crippen molar-refractivity contribution in [2.45, 2.75) is 50.8 Å². The maximum Gasteiger partial charge on any atom is 0.198 e. The summed E-state index contributed by atoms with van der Waals surface area (Å²) < 4.78 is 37.7. The van der Waals surface area contributed by atoms with E-state index in [2.05, 4.69) is 0 Å². The van der Waals surface area contributed by atoms with Crippen LogP contribution < -0.4 is 9.47 Å². The molecule has 2 aliphatic rings. The highest BCUT2D eigenvalue weighted by atomic mass is 16.8. The van der Waals surface area contributed by atoms with Gasteiger partial charge >= 0.3 is 0 Å². The second-order valence-corrected chi connectivity index (χ2v) is 8.65. The van der Waals surface area contributed by atoms with E-state index >= 15 is 0 Å². The van der Waals surface area contributed by atoms with Gasteiger partial charge in [-0.2, -0.15) is 0 Å². The fourth-order valence-electron chi connectivity index (χ4n) is 4.45. The van der Waals surface area contributed by atoms with Crippen molar-refractivity contribution in [2.24, 2.45) is 0 Å². The van der Waals surface area contributed by atoms with Crippen molar-refractivity contribution in [3.63, 3.8) is 0 Å². The SMILES string of the molecule is CO[C@H]1O[C@@H]2COC(c3ccccc3)O[C@H]2[C@@H](Oc2ccccc2C)[C@H]1Oc1ccccc1C. The summed E-state index contributed by atoms with van der Waals surface area (Å²) in [5, 5.41) is 0. The summed E-state index contributed by atoms with van der Waals surface area (Å²) in [7, 11) is 1.61. The Morgan fingerprint density at radius 3 is 1.91 bits per heavy atom. The summed E-state index contributed by atoms with van der Waals surface area (Å²) in [6, 6.07) is 25.7. The summed E-state index contributed by atoms with van der Waals surface area (Å²) in [6.07, 6.45) is -3.04. The van der Waals surface area contributed by atoms with Crippen molar-refractivity contribution in [2.75, 3.05) is 13.7 Å². The molecule has 3 aromatic carbocycles. The molecule has 1 unspecified atom stereocenters. The van der Waals surface area contributed by atoms with E-state index < -0.39 is 30.9 Å². The molecule has 5 rings (SSSR count). The van der Waals surface area contributed by atoms with Gasteiger partial charge in [0.15, 0.2) is 24.8 Å². The Balaban J connectivity index is 1.50. The van der Waals surface area contributed by atoms with Crippen LogP contribution in [0.4, 0.5) is 0 Å². The molecule has 0 spiro atoms. The minimum absolute atomic E-state index is 0.356. The molecule has 0 bridgehead atoms. The molecule has 6 heteroatoms. The molecule has 2 saturated heterocycles. The first-order valence-corrected chi connectivity index (χ1v) is 11.6. The number of rotatable bonds is 6. The first-order valence-electron chi connectivity index (χ1n) is 11.6. The Bertz CT molecular complexity index is 1090. The van der Waals surface area contributed by atoms with Crippen LogP contribution in [-0.2, 0) is 18.9 Å². The predicted octanol–water partition coefficient (Wildman–Crippen LogP) is 4.98. The number of benzene rings is 3. The molecule has 0 aliphatic carbocycles. The maximum absolute atomic E-state index is 6.63. The van der Waals surface area contributed by atoms with E-state index in [4.69, 9.17) is 28.4 Å². The third-order valence-corrected chi connectivity index (χ3v) is 6.30. The molecule has 0 aromatic heterocycles. The van der Waals surface area contributed by atoms with Gasteiger partial charge in [0.05, 0.1) is 6.61 Å². The number of ether oxygens (including phenoxy) is 6. The molecule has 2 heterocycles. The zero-order valence-corrected chi connectivity index (χ0v) is 19.6. The van der Waals surface area contributed by atoms with Crippen LogP contribution in [0.15, 0.2) is 78.9 Å². The van der Waals surface area contributed by atoms with Gasteiger partial charge in [-0.1, -0.05) is 66.7 Å². The second kappa shape index (κ2) is 10.2. The third kappa shape index (κ3) is 4.68. The van der Waals surface area contributed by atoms with Gasteiger partial charge in [0.25, 0.3) is 0 Å². The van der Waals surface area contributed by atoms with Crippen LogP contribution >= 0.6 is 0 Å². The molecular weight excluding hydrogens is 432 g/mol. The van der Waals surface area contributed by atoms with Crippen LogP contribution in [0.5, 0.6) is 11.5 Å². The van der Waals surface area contributed by atoms with Crippen molar-refractivity contribution in [1.82, 2.24) is 0 Å². The van der Waals surface area contributed by atoms with Gasteiger partial charge in [-0.25, -0.2) is 0 Å². The number of fused-ring (bicyclic) bond motifs is 1. The second-order valence-electron chi connectivity index (χ2n) is 8.65. The van der Waals surface area contributed by atoms with E-state index in [1.54, 1.807) is 7.11 Å². The average Bonchev–Trinajstić information content (AvgIpc) is 2.87. The summed E-state index contributed by atoms with van der Waals surface area (Å²) in [4.78, 5) is 0. The molecule has 0 saturated carbocycles. The molecule has 6 atom stereocenters. The molecule has 2 aliphatic heterocycles. The van der Waals surface area contributed by atoms with Crippen LogP contribution in [0.2, 0.25) is 0 Å². The molecule has 6 nitrogen and oxygen atoms in total. The normalized spacial score (nSPS) is 28.7. The predicted molar refractivity (Wildman–Crippen MR) is 127 cm³/mol. The lowest BCUT2D eigenvalue weighted by atomic mass is 9.96. The fraction of sp³-hybridized carbons (Fsp3) is 0.357. The average molecular weight is 463 g/mol. The summed E-state index contributed by atoms with van der Waals surface area (Å²) in [5.74, 6) is 1.52. The van der Waals surface area contributed by atoms with Gasteiger partial charge in [-0.3, -0.25) is 0 Å². The Kier molecular flexibility index (Phi) is 6.83. The Morgan fingerprint density at radius 2 is 1.29 bits per heavy atom. The van der Waals surface area contributed by atoms with Crippen LogP contribution in [0, 0.1) is 13.8 Å². The highest BCUT2D eigenvalue weighted by Gasteiger charge is 2.53. The summed E-state index contributed by atoms with van der Waals surface area (Å²) >= 11 is 0. The zero-order chi connectivity index (χ0) is 23.5. The van der Waals surface area contributed by atoms with Crippen molar-refractivity contribution in [3.8, 4) is 11.5 Å². The van der Waals surface area contributed by atoms with Crippen LogP contribution in [0.25, 0.3) is 0 Å². The van der Waals surface area contributed by atoms with Gasteiger partial charge in [0.2, 0.25) is 0 Å². The highest BCUT2D eigenvalue weighted by Crippen LogP contribution is 2.38. The Morgan fingerprint density at radius 1 is 0.706 bits per heavy atom. The topological polar surface area (TPSA) is 55.4 Å². The van der Waals surface area contributed by atoms with E-state index in [1.807, 2.05) is 92.7 Å². The van der Waals surface area contributed by atoms with Crippen molar-refractivity contribution >= 4 is 0 Å². The molecule has 34 heavy (non-hydrogen) atoms. The maximum atomic E-state index is 6.63. The zero-order valence-electron chi connectivity index (χ0n) is 19.6. The quantitative estimate of drug-likeness (QED) is 0.515. The first-order chi connectivity index (χ1) is 16.6. The molecule has 0 amide bonds. The van der Waals surface area contributed by atoms with Gasteiger partial charge in [0.1, 0.15) is 23.7 Å². The summed E-state index contributed by atoms with van der Waals surface area (Å²) in [5.41, 5.74) is 2.99. The number of hydrogen-bond acceptors (Lipinski definition) is 6. The monoisotopic (exact) mass is 462 g/mol. The van der Waals surface area contributed by atoms with E-state index in [-0.39, 0.29) is 6.10 Å². The smallest absolute Gasteiger partial charge is 0.198 e. The van der Waals surface area contributed by atoms with Crippen LogP contribution in [-0.4, -0.2) is 44.4 Å². The molecule has 178 valence electrons. The van der Waals surface area contributed by atoms with E-state index in [0.717, 1.165) is 28.2 Å². The van der Waals surface area contributed by atoms with Gasteiger partial charge in [0, 0.05) is 12.7 Å². The van der Waals surface area contributed by atoms with E-state index in [9.17, 15) is 0 Å². The molecular formula is C28H30O6. The van der Waals surface area contributed by atoms with Gasteiger partial charge in [-0.15, -0.1) is 0 Å². The van der Waals surface area contributed by atoms with Crippen molar-refractivity contribution in [3.05, 3.63) is 95.6 Å². The van der Waals surface area contributed by atoms with E-state index in [1.165, 1.54) is 0 Å². The van der Waals surface area contributed by atoms with Crippen molar-refractivity contribution in [1.29, 1.82) is 0 Å². The Hall–Kier alpha value is -2.90. The molecule has 0 N–H and O–H groups in total. The van der Waals surface area contributed by atoms with Gasteiger partial charge in [-0.05, 0) is 37.1 Å². The first kappa shape index (κ1) is 22.9. The number of hydrogen-bond donors (Lipinski definition) is 0. The molecule has 0 radical (unpaired) electrons. The number of methoxy groups -OCH3 is 1. The number of aryl methyl sites for hydroxylation is 2. The summed E-state index contributed by atoms with van der Waals surface area (Å²) in [6.45, 7) is 4.39. The standard InChI is InChI=1S/C28H30O6/c1-18-11-7-9-15-21(18)31-25-24-23(17-30-27(34-24)20-13-5-4-6-14-20)33-28(29-3)26(25)32-22-16-10-8-12-19(22)2/h4-16,23-28H,17H2,1-3H3/t23-,24-,25-,26-,27?,28+/m1/s1. The Labute approximate surface area is 200 Å². The minimum Gasteiger partial charge on any atom is -0.483 e. The fourth-order valence-corrected chi connectivity index (χ4v) is 4.45.